The van der Waals surface area contributed by atoms with E-state index in [1.165, 1.54) is 12.4 Å². The molecule has 1 aliphatic rings. The van der Waals surface area contributed by atoms with Gasteiger partial charge in [-0.25, -0.2) is 19.9 Å². The molecule has 1 aliphatic heterocycles. The minimum Gasteiger partial charge on any atom is -0.457 e. The molecule has 2 N–H and O–H groups in total. The predicted molar refractivity (Wildman–Crippen MR) is 163 cm³/mol. The van der Waals surface area contributed by atoms with Crippen molar-refractivity contribution in [2.24, 2.45) is 4.99 Å². The number of rotatable bonds is 9. The van der Waals surface area contributed by atoms with Crippen molar-refractivity contribution in [3.63, 3.8) is 0 Å². The number of nitrogens with zero attached hydrogens (tertiary/aromatic N) is 7. The van der Waals surface area contributed by atoms with Gasteiger partial charge in [-0.3, -0.25) is 9.79 Å². The standard InChI is InChI=1S/C30H33N9O2/c1-6-27(40)35-20-11-13-39(14-12-20)30-32-17-24-28(37-30)29(34-18-33-24)36-21-7-10-26(19(2)15-21)41-22-8-9-25(38(4)5)23(16-22)31-3/h6-10,15-18,20H,1,3,11-14H2,2,4-5H3,(H,35,40)(H,33,34,36). The molecule has 1 saturated heterocycles. The summed E-state index contributed by atoms with van der Waals surface area (Å²) in [5.41, 5.74) is 4.77. The molecule has 2 aromatic heterocycles. The molecule has 4 aromatic rings. The van der Waals surface area contributed by atoms with Gasteiger partial charge in [0.2, 0.25) is 11.9 Å². The summed E-state index contributed by atoms with van der Waals surface area (Å²) < 4.78 is 6.17. The zero-order chi connectivity index (χ0) is 28.9. The van der Waals surface area contributed by atoms with Crippen molar-refractivity contribution < 1.29 is 9.53 Å². The molecular weight excluding hydrogens is 518 g/mol. The van der Waals surface area contributed by atoms with Crippen molar-refractivity contribution >= 4 is 52.5 Å². The Morgan fingerprint density at radius 1 is 1.15 bits per heavy atom. The number of anilines is 4. The number of ether oxygens (including phenoxy) is 1. The van der Waals surface area contributed by atoms with Crippen LogP contribution in [0.5, 0.6) is 11.5 Å². The number of fused-ring (bicyclic) bond motifs is 1. The summed E-state index contributed by atoms with van der Waals surface area (Å²) in [7, 11) is 3.93. The fourth-order valence-electron chi connectivity index (χ4n) is 4.75. The van der Waals surface area contributed by atoms with E-state index in [1.807, 2.05) is 62.3 Å². The molecule has 1 amide bonds. The first-order valence-corrected chi connectivity index (χ1v) is 13.3. The van der Waals surface area contributed by atoms with Crippen molar-refractivity contribution in [1.29, 1.82) is 0 Å². The molecular formula is C30H33N9O2. The fraction of sp³-hybridized carbons (Fsp3) is 0.267. The number of amides is 1. The van der Waals surface area contributed by atoms with E-state index < -0.39 is 0 Å². The lowest BCUT2D eigenvalue weighted by Crippen LogP contribution is -2.44. The second-order valence-electron chi connectivity index (χ2n) is 10.0. The van der Waals surface area contributed by atoms with E-state index >= 15 is 0 Å². The monoisotopic (exact) mass is 551 g/mol. The van der Waals surface area contributed by atoms with Crippen LogP contribution in [0, 0.1) is 6.92 Å². The van der Waals surface area contributed by atoms with Crippen LogP contribution in [0.15, 0.2) is 66.6 Å². The van der Waals surface area contributed by atoms with Crippen LogP contribution in [0.1, 0.15) is 18.4 Å². The van der Waals surface area contributed by atoms with E-state index in [0.717, 1.165) is 54.3 Å². The topological polar surface area (TPSA) is 121 Å². The van der Waals surface area contributed by atoms with Crippen LogP contribution in [0.2, 0.25) is 0 Å². The number of aromatic nitrogens is 4. The van der Waals surface area contributed by atoms with E-state index in [2.05, 4.69) is 48.8 Å². The molecule has 0 bridgehead atoms. The molecule has 0 radical (unpaired) electrons. The molecule has 11 nitrogen and oxygen atoms in total. The molecule has 5 rings (SSSR count). The maximum atomic E-state index is 11.6. The highest BCUT2D eigenvalue weighted by molar-refractivity contribution is 5.88. The third-order valence-corrected chi connectivity index (χ3v) is 6.94. The van der Waals surface area contributed by atoms with Crippen molar-refractivity contribution in [3.05, 3.63) is 67.1 Å². The van der Waals surface area contributed by atoms with Gasteiger partial charge in [-0.2, -0.15) is 0 Å². The van der Waals surface area contributed by atoms with Gasteiger partial charge in [-0.15, -0.1) is 0 Å². The number of carbonyl (C=O) groups excluding carboxylic acids is 1. The van der Waals surface area contributed by atoms with Crippen LogP contribution in [-0.2, 0) is 4.79 Å². The van der Waals surface area contributed by atoms with Gasteiger partial charge in [0.15, 0.2) is 5.82 Å². The number of aryl methyl sites for hydroxylation is 1. The van der Waals surface area contributed by atoms with E-state index in [0.29, 0.717) is 28.5 Å². The Morgan fingerprint density at radius 3 is 2.66 bits per heavy atom. The maximum Gasteiger partial charge on any atom is 0.243 e. The Labute approximate surface area is 239 Å². The summed E-state index contributed by atoms with van der Waals surface area (Å²) >= 11 is 0. The van der Waals surface area contributed by atoms with Gasteiger partial charge in [0, 0.05) is 45.0 Å². The number of hydrogen-bond donors (Lipinski definition) is 2. The Kier molecular flexibility index (Phi) is 8.04. The Balaban J connectivity index is 1.32. The third kappa shape index (κ3) is 6.24. The van der Waals surface area contributed by atoms with Crippen LogP contribution in [0.3, 0.4) is 0 Å². The number of nitrogens with one attached hydrogen (secondary N) is 2. The number of carbonyl (C=O) groups is 1. The predicted octanol–water partition coefficient (Wildman–Crippen LogP) is 4.93. The smallest absolute Gasteiger partial charge is 0.243 e. The molecule has 0 saturated carbocycles. The summed E-state index contributed by atoms with van der Waals surface area (Å²) in [6.07, 6.45) is 6.11. The van der Waals surface area contributed by atoms with E-state index in [9.17, 15) is 4.79 Å². The Bertz CT molecular complexity index is 1600. The molecule has 210 valence electrons. The highest BCUT2D eigenvalue weighted by atomic mass is 16.5. The number of aliphatic imine (C=N–C) groups is 1. The molecule has 41 heavy (non-hydrogen) atoms. The average molecular weight is 552 g/mol. The molecule has 11 heteroatoms. The van der Waals surface area contributed by atoms with Crippen LogP contribution in [0.25, 0.3) is 11.0 Å². The molecule has 0 spiro atoms. The molecule has 0 atom stereocenters. The van der Waals surface area contributed by atoms with Gasteiger partial charge in [0.1, 0.15) is 28.9 Å². The van der Waals surface area contributed by atoms with Gasteiger partial charge in [-0.05, 0) is 68.5 Å². The number of benzene rings is 2. The first-order valence-electron chi connectivity index (χ1n) is 13.3. The lowest BCUT2D eigenvalue weighted by atomic mass is 10.1. The van der Waals surface area contributed by atoms with Crippen LogP contribution < -0.4 is 25.2 Å². The van der Waals surface area contributed by atoms with Gasteiger partial charge >= 0.3 is 0 Å². The average Bonchev–Trinajstić information content (AvgIpc) is 2.98. The van der Waals surface area contributed by atoms with Gasteiger partial charge in [0.25, 0.3) is 0 Å². The Morgan fingerprint density at radius 2 is 1.95 bits per heavy atom. The minimum atomic E-state index is -0.147. The van der Waals surface area contributed by atoms with Crippen molar-refractivity contribution in [2.75, 3.05) is 42.3 Å². The van der Waals surface area contributed by atoms with Crippen LogP contribution in [-0.4, -0.2) is 65.8 Å². The lowest BCUT2D eigenvalue weighted by Gasteiger charge is -2.32. The van der Waals surface area contributed by atoms with E-state index in [4.69, 9.17) is 9.72 Å². The normalized spacial score (nSPS) is 13.5. The highest BCUT2D eigenvalue weighted by Crippen LogP contribution is 2.35. The summed E-state index contributed by atoms with van der Waals surface area (Å²) in [6.45, 7) is 10.6. The minimum absolute atomic E-state index is 0.117. The quantitative estimate of drug-likeness (QED) is 0.220. The summed E-state index contributed by atoms with van der Waals surface area (Å²) in [6, 6.07) is 11.7. The SMILES string of the molecule is C=CC(=O)NC1CCN(c2ncc3ncnc(Nc4ccc(Oc5ccc(N(C)C)c(N=C)c5)c(C)c4)c3n2)CC1. The second-order valence-corrected chi connectivity index (χ2v) is 10.0. The van der Waals surface area contributed by atoms with Gasteiger partial charge in [-0.1, -0.05) is 6.58 Å². The second kappa shape index (κ2) is 12.0. The third-order valence-electron chi connectivity index (χ3n) is 6.94. The largest absolute Gasteiger partial charge is 0.457 e. The van der Waals surface area contributed by atoms with Crippen LogP contribution in [0.4, 0.5) is 28.8 Å². The van der Waals surface area contributed by atoms with E-state index in [1.54, 1.807) is 6.20 Å². The van der Waals surface area contributed by atoms with Crippen molar-refractivity contribution in [3.8, 4) is 11.5 Å². The first-order chi connectivity index (χ1) is 19.8. The lowest BCUT2D eigenvalue weighted by molar-refractivity contribution is -0.117. The number of piperidine rings is 1. The Hall–Kier alpha value is -5.06. The number of hydrogen-bond acceptors (Lipinski definition) is 10. The first kappa shape index (κ1) is 27.5. The zero-order valence-corrected chi connectivity index (χ0v) is 23.5. The molecule has 0 aliphatic carbocycles. The molecule has 3 heterocycles. The fourth-order valence-corrected chi connectivity index (χ4v) is 4.75. The summed E-state index contributed by atoms with van der Waals surface area (Å²) in [4.78, 5) is 38.0. The van der Waals surface area contributed by atoms with E-state index in [-0.39, 0.29) is 11.9 Å². The van der Waals surface area contributed by atoms with Crippen molar-refractivity contribution in [2.45, 2.75) is 25.8 Å². The highest BCUT2D eigenvalue weighted by Gasteiger charge is 2.22. The molecule has 2 aromatic carbocycles. The maximum absolute atomic E-state index is 11.6. The molecule has 0 unspecified atom stereocenters. The van der Waals surface area contributed by atoms with Crippen LogP contribution >= 0.6 is 0 Å². The van der Waals surface area contributed by atoms with Gasteiger partial charge < -0.3 is 25.2 Å². The summed E-state index contributed by atoms with van der Waals surface area (Å²) in [5, 5.41) is 6.35. The van der Waals surface area contributed by atoms with Crippen molar-refractivity contribution in [1.82, 2.24) is 25.3 Å². The summed E-state index contributed by atoms with van der Waals surface area (Å²) in [5.74, 6) is 2.46. The zero-order valence-electron chi connectivity index (χ0n) is 23.5. The molecule has 1 fully saturated rings. The van der Waals surface area contributed by atoms with Gasteiger partial charge in [0.05, 0.1) is 17.6 Å².